The largest absolute Gasteiger partial charge is 0.480 e. The molecule has 1 aliphatic rings. The lowest BCUT2D eigenvalue weighted by molar-refractivity contribution is -0.137. The van der Waals surface area contributed by atoms with Crippen LogP contribution in [-0.4, -0.2) is 40.6 Å². The fourth-order valence-corrected chi connectivity index (χ4v) is 4.99. The summed E-state index contributed by atoms with van der Waals surface area (Å²) in [6, 6.07) is 3.29. The van der Waals surface area contributed by atoms with Gasteiger partial charge in [0.2, 0.25) is 10.0 Å². The van der Waals surface area contributed by atoms with E-state index in [0.29, 0.717) is 35.0 Å². The van der Waals surface area contributed by atoms with Crippen molar-refractivity contribution in [3.05, 3.63) is 45.9 Å². The van der Waals surface area contributed by atoms with E-state index in [1.807, 2.05) is 0 Å². The van der Waals surface area contributed by atoms with Gasteiger partial charge in [-0.2, -0.15) is 9.40 Å². The maximum absolute atomic E-state index is 14.2. The van der Waals surface area contributed by atoms with Crippen molar-refractivity contribution in [2.75, 3.05) is 7.05 Å². The Bertz CT molecular complexity index is 960. The third-order valence-electron chi connectivity index (χ3n) is 4.51. The number of nitrogens with zero attached hydrogens (tertiary/aromatic N) is 3. The molecule has 0 aliphatic heterocycles. The smallest absolute Gasteiger partial charge is 0.325 e. The van der Waals surface area contributed by atoms with Crippen LogP contribution in [0.4, 0.5) is 4.39 Å². The first-order valence-corrected chi connectivity index (χ1v) is 10.1. The molecule has 0 amide bonds. The molecule has 0 radical (unpaired) electrons. The second kappa shape index (κ2) is 7.09. The van der Waals surface area contributed by atoms with Crippen molar-refractivity contribution in [3.8, 4) is 0 Å². The Balaban J connectivity index is 1.97. The lowest BCUT2D eigenvalue weighted by Crippen LogP contribution is -2.34. The van der Waals surface area contributed by atoms with Crippen molar-refractivity contribution in [1.29, 1.82) is 0 Å². The quantitative estimate of drug-likeness (QED) is 0.763. The van der Waals surface area contributed by atoms with Gasteiger partial charge in [-0.15, -0.1) is 0 Å². The number of halogens is 2. The summed E-state index contributed by atoms with van der Waals surface area (Å²) in [6.45, 7) is -0.278. The summed E-state index contributed by atoms with van der Waals surface area (Å²) in [5.41, 5.74) is 1.38. The fourth-order valence-electron chi connectivity index (χ4n) is 3.24. The second-order valence-electron chi connectivity index (χ2n) is 6.10. The molecule has 1 aromatic heterocycles. The zero-order valence-electron chi connectivity index (χ0n) is 13.9. The molecule has 3 rings (SSSR count). The molecule has 1 aromatic carbocycles. The average molecular weight is 446 g/mol. The van der Waals surface area contributed by atoms with E-state index >= 15 is 0 Å². The van der Waals surface area contributed by atoms with Crippen molar-refractivity contribution in [2.24, 2.45) is 0 Å². The number of carboxylic acids is 1. The Morgan fingerprint density at radius 1 is 1.50 bits per heavy atom. The van der Waals surface area contributed by atoms with Gasteiger partial charge in [0.15, 0.2) is 0 Å². The minimum absolute atomic E-state index is 0.278. The maximum atomic E-state index is 14.2. The van der Waals surface area contributed by atoms with Crippen LogP contribution in [-0.2, 0) is 27.8 Å². The van der Waals surface area contributed by atoms with Crippen molar-refractivity contribution in [3.63, 3.8) is 0 Å². The molecule has 0 bridgehead atoms. The lowest BCUT2D eigenvalue weighted by Gasteiger charge is -2.31. The molecule has 140 valence electrons. The van der Waals surface area contributed by atoms with Crippen molar-refractivity contribution < 1.29 is 22.7 Å². The van der Waals surface area contributed by atoms with E-state index in [2.05, 4.69) is 21.0 Å². The Kier molecular flexibility index (Phi) is 5.18. The molecule has 0 fully saturated rings. The van der Waals surface area contributed by atoms with Crippen LogP contribution >= 0.6 is 15.9 Å². The molecule has 0 saturated carbocycles. The minimum atomic E-state index is -4.06. The normalized spacial score (nSPS) is 17.3. The highest BCUT2D eigenvalue weighted by molar-refractivity contribution is 9.10. The first kappa shape index (κ1) is 19.0. The highest BCUT2D eigenvalue weighted by Crippen LogP contribution is 2.37. The van der Waals surface area contributed by atoms with E-state index in [1.165, 1.54) is 30.1 Å². The molecule has 1 heterocycles. The number of aromatic nitrogens is 2. The molecule has 10 heteroatoms. The summed E-state index contributed by atoms with van der Waals surface area (Å²) in [6.07, 6.45) is 3.37. The third kappa shape index (κ3) is 3.40. The van der Waals surface area contributed by atoms with Gasteiger partial charge < -0.3 is 5.11 Å². The Hall–Kier alpha value is -1.78. The van der Waals surface area contributed by atoms with Crippen LogP contribution in [0.25, 0.3) is 0 Å². The van der Waals surface area contributed by atoms with Gasteiger partial charge in [0, 0.05) is 22.8 Å². The van der Waals surface area contributed by atoms with Gasteiger partial charge >= 0.3 is 5.97 Å². The highest BCUT2D eigenvalue weighted by Gasteiger charge is 2.35. The number of sulfonamides is 1. The molecule has 1 atom stereocenters. The first-order valence-electron chi connectivity index (χ1n) is 7.91. The van der Waals surface area contributed by atoms with Crippen LogP contribution in [0.3, 0.4) is 0 Å². The Labute approximate surface area is 158 Å². The van der Waals surface area contributed by atoms with E-state index < -0.39 is 32.7 Å². The molecule has 1 N–H and O–H groups in total. The van der Waals surface area contributed by atoms with Gasteiger partial charge in [0.1, 0.15) is 17.3 Å². The van der Waals surface area contributed by atoms with Crippen LogP contribution in [0.5, 0.6) is 0 Å². The summed E-state index contributed by atoms with van der Waals surface area (Å²) in [5.74, 6) is -1.85. The van der Waals surface area contributed by atoms with E-state index in [9.17, 15) is 17.6 Å². The van der Waals surface area contributed by atoms with E-state index in [-0.39, 0.29) is 6.54 Å². The molecule has 2 aromatic rings. The van der Waals surface area contributed by atoms with Crippen LogP contribution < -0.4 is 0 Å². The molecule has 1 unspecified atom stereocenters. The lowest BCUT2D eigenvalue weighted by atomic mass is 9.93. The molecule has 0 spiro atoms. The average Bonchev–Trinajstić information content (AvgIpc) is 2.96. The zero-order valence-corrected chi connectivity index (χ0v) is 16.3. The van der Waals surface area contributed by atoms with Crippen molar-refractivity contribution in [1.82, 2.24) is 14.1 Å². The number of fused-ring (bicyclic) bond motifs is 1. The number of hydrogen-bond donors (Lipinski definition) is 1. The van der Waals surface area contributed by atoms with Crippen LogP contribution in [0, 0.1) is 5.82 Å². The number of carboxylic acid groups (broad SMARTS) is 1. The number of hydrogen-bond acceptors (Lipinski definition) is 4. The van der Waals surface area contributed by atoms with Gasteiger partial charge in [-0.25, -0.2) is 12.8 Å². The van der Waals surface area contributed by atoms with Crippen molar-refractivity contribution in [2.45, 2.75) is 36.7 Å². The summed E-state index contributed by atoms with van der Waals surface area (Å²) in [7, 11) is -2.65. The van der Waals surface area contributed by atoms with Crippen molar-refractivity contribution >= 4 is 31.9 Å². The van der Waals surface area contributed by atoms with Gasteiger partial charge in [-0.05, 0) is 37.5 Å². The maximum Gasteiger partial charge on any atom is 0.325 e. The number of benzene rings is 1. The van der Waals surface area contributed by atoms with E-state index in [1.54, 1.807) is 0 Å². The Morgan fingerprint density at radius 2 is 2.23 bits per heavy atom. The monoisotopic (exact) mass is 445 g/mol. The minimum Gasteiger partial charge on any atom is -0.480 e. The highest BCUT2D eigenvalue weighted by atomic mass is 79.9. The van der Waals surface area contributed by atoms with Gasteiger partial charge in [0.25, 0.3) is 0 Å². The standard InChI is InChI=1S/C16H17BrFN3O4S/c1-20(26(24,25)15-6-5-10(17)7-12(15)18)13-3-2-4-14-11(13)8-19-21(14)9-16(22)23/h5-8,13H,2-4,9H2,1H3,(H,22,23). The van der Waals surface area contributed by atoms with Crippen LogP contribution in [0.1, 0.15) is 30.1 Å². The predicted octanol–water partition coefficient (Wildman–Crippen LogP) is 2.57. The molecule has 26 heavy (non-hydrogen) atoms. The molecular formula is C16H17BrFN3O4S. The first-order chi connectivity index (χ1) is 12.2. The van der Waals surface area contributed by atoms with Crippen LogP contribution in [0.15, 0.2) is 33.8 Å². The fraction of sp³-hybridized carbons (Fsp3) is 0.375. The molecule has 7 nitrogen and oxygen atoms in total. The summed E-state index contributed by atoms with van der Waals surface area (Å²) in [4.78, 5) is 10.6. The summed E-state index contributed by atoms with van der Waals surface area (Å²) in [5, 5.41) is 13.1. The summed E-state index contributed by atoms with van der Waals surface area (Å²) < 4.78 is 43.0. The van der Waals surface area contributed by atoms with E-state index in [4.69, 9.17) is 5.11 Å². The van der Waals surface area contributed by atoms with E-state index in [0.717, 1.165) is 10.4 Å². The third-order valence-corrected chi connectivity index (χ3v) is 6.90. The summed E-state index contributed by atoms with van der Waals surface area (Å²) >= 11 is 3.11. The van der Waals surface area contributed by atoms with Crippen LogP contribution in [0.2, 0.25) is 0 Å². The molecular weight excluding hydrogens is 429 g/mol. The number of aliphatic carboxylic acids is 1. The number of carbonyl (C=O) groups is 1. The van der Waals surface area contributed by atoms with Gasteiger partial charge in [-0.1, -0.05) is 15.9 Å². The topological polar surface area (TPSA) is 92.5 Å². The SMILES string of the molecule is CN(C1CCCc2c1cnn2CC(=O)O)S(=O)(=O)c1ccc(Br)cc1F. The number of rotatable bonds is 5. The second-order valence-corrected chi connectivity index (χ2v) is 8.98. The molecule has 1 aliphatic carbocycles. The molecule has 0 saturated heterocycles. The zero-order chi connectivity index (χ0) is 19.1. The van der Waals surface area contributed by atoms with Gasteiger partial charge in [-0.3, -0.25) is 9.48 Å². The van der Waals surface area contributed by atoms with Gasteiger partial charge in [0.05, 0.1) is 12.2 Å². The predicted molar refractivity (Wildman–Crippen MR) is 94.6 cm³/mol. The Morgan fingerprint density at radius 3 is 2.88 bits per heavy atom.